The zero-order valence-electron chi connectivity index (χ0n) is 11.2. The normalized spacial score (nSPS) is 11.3. The highest BCUT2D eigenvalue weighted by atomic mass is 15.4. The minimum Gasteiger partial charge on any atom is -0.341 e. The van der Waals surface area contributed by atoms with E-state index < -0.39 is 0 Å². The van der Waals surface area contributed by atoms with Crippen molar-refractivity contribution in [2.75, 3.05) is 7.05 Å². The molecule has 1 N–H and O–H groups in total. The van der Waals surface area contributed by atoms with Crippen molar-refractivity contribution < 1.29 is 0 Å². The molecule has 0 aliphatic carbocycles. The number of fused-ring (bicyclic) bond motifs is 1. The maximum Gasteiger partial charge on any atom is 0.102 e. The summed E-state index contributed by atoms with van der Waals surface area (Å²) in [4.78, 5) is 0. The van der Waals surface area contributed by atoms with Crippen molar-refractivity contribution in [2.45, 2.75) is 13.1 Å². The topological polar surface area (TPSA) is 47.7 Å². The average Bonchev–Trinajstić information content (AvgIpc) is 2.97. The lowest BCUT2D eigenvalue weighted by Gasteiger charge is -2.01. The van der Waals surface area contributed by atoms with Crippen LogP contribution in [0.1, 0.15) is 11.3 Å². The summed E-state index contributed by atoms with van der Waals surface area (Å²) in [6, 6.07) is 8.45. The molecule has 0 aliphatic rings. The summed E-state index contributed by atoms with van der Waals surface area (Å²) in [5.74, 6) is 0. The van der Waals surface area contributed by atoms with Gasteiger partial charge in [0, 0.05) is 36.9 Å². The van der Waals surface area contributed by atoms with Crippen LogP contribution in [0, 0.1) is 0 Å². The summed E-state index contributed by atoms with van der Waals surface area (Å²) in [5, 5.41) is 12.6. The van der Waals surface area contributed by atoms with Gasteiger partial charge in [0.1, 0.15) is 5.69 Å². The van der Waals surface area contributed by atoms with Crippen LogP contribution in [0.15, 0.2) is 36.7 Å². The molecule has 5 heteroatoms. The molecule has 3 rings (SSSR count). The van der Waals surface area contributed by atoms with Crippen LogP contribution in [0.25, 0.3) is 10.9 Å². The van der Waals surface area contributed by atoms with Crippen molar-refractivity contribution >= 4 is 10.9 Å². The number of aryl methyl sites for hydroxylation is 1. The van der Waals surface area contributed by atoms with Gasteiger partial charge in [-0.15, -0.1) is 5.10 Å². The van der Waals surface area contributed by atoms with Gasteiger partial charge in [0.2, 0.25) is 0 Å². The molecule has 3 aromatic rings. The molecule has 0 amide bonds. The van der Waals surface area contributed by atoms with Crippen molar-refractivity contribution in [3.05, 3.63) is 47.9 Å². The second-order valence-corrected chi connectivity index (χ2v) is 4.71. The van der Waals surface area contributed by atoms with Gasteiger partial charge >= 0.3 is 0 Å². The highest BCUT2D eigenvalue weighted by molar-refractivity contribution is 5.84. The van der Waals surface area contributed by atoms with Crippen molar-refractivity contribution in [3.8, 4) is 0 Å². The largest absolute Gasteiger partial charge is 0.341 e. The van der Waals surface area contributed by atoms with Crippen molar-refractivity contribution in [1.29, 1.82) is 0 Å². The Morgan fingerprint density at radius 2 is 2.05 bits per heavy atom. The molecule has 0 atom stereocenters. The van der Waals surface area contributed by atoms with Gasteiger partial charge in [0.05, 0.1) is 6.54 Å². The van der Waals surface area contributed by atoms with Gasteiger partial charge in [-0.25, -0.2) is 0 Å². The third kappa shape index (κ3) is 2.24. The standard InChI is InChI=1S/C14H17N5/c1-15-7-11-8-19(10-12-9-18(2)17-16-12)14-6-4-3-5-13(11)14/h3-6,8-9,15H,7,10H2,1-2H3. The van der Waals surface area contributed by atoms with Gasteiger partial charge in [0.15, 0.2) is 0 Å². The van der Waals surface area contributed by atoms with E-state index in [-0.39, 0.29) is 0 Å². The van der Waals surface area contributed by atoms with Crippen LogP contribution in [-0.4, -0.2) is 26.6 Å². The SMILES string of the molecule is CNCc1cn(Cc2cn(C)nn2)c2ccccc12. The molecule has 0 radical (unpaired) electrons. The number of rotatable bonds is 4. The van der Waals surface area contributed by atoms with E-state index in [9.17, 15) is 0 Å². The van der Waals surface area contributed by atoms with Crippen molar-refractivity contribution in [3.63, 3.8) is 0 Å². The molecule has 0 bridgehead atoms. The van der Waals surface area contributed by atoms with E-state index in [1.165, 1.54) is 16.5 Å². The Bertz CT molecular complexity index is 695. The van der Waals surface area contributed by atoms with Crippen LogP contribution >= 0.6 is 0 Å². The highest BCUT2D eigenvalue weighted by Gasteiger charge is 2.08. The first-order chi connectivity index (χ1) is 9.28. The summed E-state index contributed by atoms with van der Waals surface area (Å²) >= 11 is 0. The molecule has 0 fully saturated rings. The second-order valence-electron chi connectivity index (χ2n) is 4.71. The van der Waals surface area contributed by atoms with Crippen LogP contribution in [0.5, 0.6) is 0 Å². The van der Waals surface area contributed by atoms with Crippen LogP contribution < -0.4 is 5.32 Å². The summed E-state index contributed by atoms with van der Waals surface area (Å²) in [6.45, 7) is 1.62. The quantitative estimate of drug-likeness (QED) is 0.769. The number of aromatic nitrogens is 4. The first-order valence-electron chi connectivity index (χ1n) is 6.34. The lowest BCUT2D eigenvalue weighted by molar-refractivity contribution is 0.710. The van der Waals surface area contributed by atoms with Crippen molar-refractivity contribution in [1.82, 2.24) is 24.9 Å². The molecule has 0 saturated carbocycles. The van der Waals surface area contributed by atoms with Crippen LogP contribution in [0.2, 0.25) is 0 Å². The number of hydrogen-bond acceptors (Lipinski definition) is 3. The van der Waals surface area contributed by atoms with E-state index in [4.69, 9.17) is 0 Å². The van der Waals surface area contributed by atoms with Gasteiger partial charge in [0.25, 0.3) is 0 Å². The maximum absolute atomic E-state index is 4.15. The number of nitrogens with zero attached hydrogens (tertiary/aromatic N) is 4. The molecule has 0 saturated heterocycles. The van der Waals surface area contributed by atoms with Gasteiger partial charge in [-0.3, -0.25) is 4.68 Å². The number of benzene rings is 1. The van der Waals surface area contributed by atoms with Crippen LogP contribution in [0.3, 0.4) is 0 Å². The highest BCUT2D eigenvalue weighted by Crippen LogP contribution is 2.21. The average molecular weight is 255 g/mol. The molecule has 98 valence electrons. The minimum atomic E-state index is 0.748. The summed E-state index contributed by atoms with van der Waals surface area (Å²) in [7, 11) is 3.85. The molecular formula is C14H17N5. The van der Waals surface area contributed by atoms with E-state index in [0.717, 1.165) is 18.8 Å². The predicted molar refractivity (Wildman–Crippen MR) is 74.8 cm³/mol. The lowest BCUT2D eigenvalue weighted by atomic mass is 10.2. The monoisotopic (exact) mass is 255 g/mol. The fraction of sp³-hybridized carbons (Fsp3) is 0.286. The molecule has 0 aliphatic heterocycles. The fourth-order valence-electron chi connectivity index (χ4n) is 2.43. The van der Waals surface area contributed by atoms with E-state index in [0.29, 0.717) is 0 Å². The molecular weight excluding hydrogens is 238 g/mol. The van der Waals surface area contributed by atoms with E-state index in [1.54, 1.807) is 4.68 Å². The number of hydrogen-bond donors (Lipinski definition) is 1. The zero-order valence-corrected chi connectivity index (χ0v) is 11.2. The molecule has 2 aromatic heterocycles. The zero-order chi connectivity index (χ0) is 13.2. The third-order valence-corrected chi connectivity index (χ3v) is 3.22. The van der Waals surface area contributed by atoms with Gasteiger partial charge in [-0.05, 0) is 18.7 Å². The van der Waals surface area contributed by atoms with E-state index >= 15 is 0 Å². The van der Waals surface area contributed by atoms with Crippen LogP contribution in [0.4, 0.5) is 0 Å². The predicted octanol–water partition coefficient (Wildman–Crippen LogP) is 1.54. The Morgan fingerprint density at radius 3 is 2.79 bits per heavy atom. The fourth-order valence-corrected chi connectivity index (χ4v) is 2.43. The molecule has 0 spiro atoms. The number of nitrogens with one attached hydrogen (secondary N) is 1. The Morgan fingerprint density at radius 1 is 1.21 bits per heavy atom. The molecule has 5 nitrogen and oxygen atoms in total. The van der Waals surface area contributed by atoms with Gasteiger partial charge in [-0.1, -0.05) is 23.4 Å². The lowest BCUT2D eigenvalue weighted by Crippen LogP contribution is -2.04. The maximum atomic E-state index is 4.15. The summed E-state index contributed by atoms with van der Waals surface area (Å²) < 4.78 is 3.96. The van der Waals surface area contributed by atoms with Gasteiger partial charge < -0.3 is 9.88 Å². The first-order valence-corrected chi connectivity index (χ1v) is 6.34. The molecule has 0 unspecified atom stereocenters. The Balaban J connectivity index is 2.03. The summed E-state index contributed by atoms with van der Waals surface area (Å²) in [5.41, 5.74) is 3.51. The Kier molecular flexibility index (Phi) is 3.05. The number of para-hydroxylation sites is 1. The van der Waals surface area contributed by atoms with E-state index in [2.05, 4.69) is 50.7 Å². The Hall–Kier alpha value is -2.14. The second kappa shape index (κ2) is 4.85. The van der Waals surface area contributed by atoms with Gasteiger partial charge in [-0.2, -0.15) is 0 Å². The summed E-state index contributed by atoms with van der Waals surface area (Å²) in [6.07, 6.45) is 4.14. The Labute approximate surface area is 111 Å². The smallest absolute Gasteiger partial charge is 0.102 e. The van der Waals surface area contributed by atoms with Crippen LogP contribution in [-0.2, 0) is 20.1 Å². The van der Waals surface area contributed by atoms with Crippen molar-refractivity contribution in [2.24, 2.45) is 7.05 Å². The molecule has 1 aromatic carbocycles. The molecule has 19 heavy (non-hydrogen) atoms. The van der Waals surface area contributed by atoms with E-state index in [1.807, 2.05) is 20.3 Å². The molecule has 2 heterocycles. The first kappa shape index (κ1) is 11.9. The third-order valence-electron chi connectivity index (χ3n) is 3.22. The minimum absolute atomic E-state index is 0.748.